The van der Waals surface area contributed by atoms with Crippen LogP contribution in [0.1, 0.15) is 58.3 Å². The highest BCUT2D eigenvalue weighted by atomic mass is 19.4. The van der Waals surface area contributed by atoms with Crippen molar-refractivity contribution >= 4 is 11.9 Å². The lowest BCUT2D eigenvalue weighted by atomic mass is 9.97. The number of hydrogen-bond acceptors (Lipinski definition) is 3. The van der Waals surface area contributed by atoms with Crippen molar-refractivity contribution in [2.45, 2.75) is 82.2 Å². The maximum absolute atomic E-state index is 13.7. The summed E-state index contributed by atoms with van der Waals surface area (Å²) in [6, 6.07) is 0. The van der Waals surface area contributed by atoms with Gasteiger partial charge in [-0.15, -0.1) is 0 Å². The van der Waals surface area contributed by atoms with Gasteiger partial charge in [0.05, 0.1) is 0 Å². The van der Waals surface area contributed by atoms with Gasteiger partial charge in [0.1, 0.15) is 0 Å². The first-order chi connectivity index (χ1) is 13.1. The van der Waals surface area contributed by atoms with Gasteiger partial charge < -0.3 is 9.84 Å². The highest BCUT2D eigenvalue weighted by molar-refractivity contribution is 5.90. The molecule has 170 valence electrons. The van der Waals surface area contributed by atoms with Gasteiger partial charge in [0, 0.05) is 18.6 Å². The molecule has 1 N–H and O–H groups in total. The van der Waals surface area contributed by atoms with Crippen molar-refractivity contribution in [3.05, 3.63) is 12.2 Å². The van der Waals surface area contributed by atoms with E-state index in [1.807, 2.05) is 6.92 Å². The molecule has 29 heavy (non-hydrogen) atoms. The van der Waals surface area contributed by atoms with Gasteiger partial charge in [0.2, 0.25) is 0 Å². The van der Waals surface area contributed by atoms with E-state index in [1.54, 1.807) is 0 Å². The fourth-order valence-corrected chi connectivity index (χ4v) is 2.24. The molecule has 0 fully saturated rings. The van der Waals surface area contributed by atoms with Crippen molar-refractivity contribution in [2.24, 2.45) is 0 Å². The van der Waals surface area contributed by atoms with E-state index in [0.29, 0.717) is 12.8 Å². The van der Waals surface area contributed by atoms with Gasteiger partial charge in [-0.2, -0.15) is 35.1 Å². The Balaban J connectivity index is 5.09. The predicted octanol–water partition coefficient (Wildman–Crippen LogP) is 5.81. The monoisotopic (exact) mass is 442 g/mol. The molecule has 0 rings (SSSR count). The Hall–Kier alpha value is -1.88. The second-order valence-corrected chi connectivity index (χ2v) is 6.33. The van der Waals surface area contributed by atoms with E-state index >= 15 is 0 Å². The first-order valence-corrected chi connectivity index (χ1v) is 8.77. The molecule has 0 aromatic carbocycles. The molecule has 0 aliphatic rings. The number of hydrogen-bond donors (Lipinski definition) is 1. The minimum atomic E-state index is -6.75. The maximum Gasteiger partial charge on any atom is 0.473 e. The number of carbonyl (C=O) groups is 2. The van der Waals surface area contributed by atoms with E-state index in [2.05, 4.69) is 4.74 Å². The number of carboxylic acids is 1. The molecule has 0 spiro atoms. The van der Waals surface area contributed by atoms with E-state index in [-0.39, 0.29) is 18.6 Å². The van der Waals surface area contributed by atoms with Crippen LogP contribution >= 0.6 is 0 Å². The van der Waals surface area contributed by atoms with E-state index in [0.717, 1.165) is 19.3 Å². The normalized spacial score (nSPS) is 13.7. The molecular weight excluding hydrogens is 420 g/mol. The zero-order valence-corrected chi connectivity index (χ0v) is 15.5. The van der Waals surface area contributed by atoms with Crippen molar-refractivity contribution in [3.8, 4) is 0 Å². The number of carboxylic acid groups (broad SMARTS) is 1. The molecule has 0 bridgehead atoms. The fourth-order valence-electron chi connectivity index (χ4n) is 2.24. The van der Waals surface area contributed by atoms with Crippen LogP contribution in [0.25, 0.3) is 0 Å². The molecule has 0 aliphatic heterocycles. The smallest absolute Gasteiger partial charge is 0.473 e. The fraction of sp³-hybridized carbons (Fsp3) is 0.765. The average Bonchev–Trinajstić information content (AvgIpc) is 2.58. The number of halogens is 8. The van der Waals surface area contributed by atoms with Crippen molar-refractivity contribution in [1.82, 2.24) is 0 Å². The summed E-state index contributed by atoms with van der Waals surface area (Å²) in [6.07, 6.45) is -5.43. The van der Waals surface area contributed by atoms with Crippen LogP contribution in [0, 0.1) is 0 Å². The number of unbranched alkanes of at least 4 members (excludes halogenated alkanes) is 6. The van der Waals surface area contributed by atoms with Gasteiger partial charge in [0.25, 0.3) is 0 Å². The van der Waals surface area contributed by atoms with Gasteiger partial charge in [-0.25, -0.2) is 9.59 Å². The van der Waals surface area contributed by atoms with E-state index in [1.165, 1.54) is 0 Å². The molecule has 0 amide bonds. The minimum absolute atomic E-state index is 0.0202. The third-order valence-electron chi connectivity index (χ3n) is 3.90. The largest absolute Gasteiger partial charge is 0.478 e. The molecule has 0 unspecified atom stereocenters. The van der Waals surface area contributed by atoms with Gasteiger partial charge in [-0.1, -0.05) is 45.4 Å². The van der Waals surface area contributed by atoms with Crippen LogP contribution in [0.5, 0.6) is 0 Å². The van der Waals surface area contributed by atoms with E-state index in [4.69, 9.17) is 5.11 Å². The molecule has 0 atom stereocenters. The molecule has 4 nitrogen and oxygen atoms in total. The molecule has 0 aromatic heterocycles. The van der Waals surface area contributed by atoms with E-state index in [9.17, 15) is 44.7 Å². The minimum Gasteiger partial charge on any atom is -0.478 e. The van der Waals surface area contributed by atoms with Crippen molar-refractivity contribution in [2.75, 3.05) is 0 Å². The predicted molar refractivity (Wildman–Crippen MR) is 85.3 cm³/mol. The summed E-state index contributed by atoms with van der Waals surface area (Å²) < 4.78 is 111. The second-order valence-electron chi connectivity index (χ2n) is 6.33. The van der Waals surface area contributed by atoms with Crippen molar-refractivity contribution in [1.29, 1.82) is 0 Å². The van der Waals surface area contributed by atoms with Gasteiger partial charge >= 0.3 is 35.8 Å². The topological polar surface area (TPSA) is 63.6 Å². The maximum atomic E-state index is 13.7. The number of carbonyl (C=O) groups excluding carboxylic acids is 1. The molecule has 0 heterocycles. The third-order valence-corrected chi connectivity index (χ3v) is 3.90. The molecule has 12 heteroatoms. The summed E-state index contributed by atoms with van der Waals surface area (Å²) >= 11 is 0. The third kappa shape index (κ3) is 7.46. The number of ether oxygens (including phenoxy) is 1. The summed E-state index contributed by atoms with van der Waals surface area (Å²) in [4.78, 5) is 21.0. The summed E-state index contributed by atoms with van der Waals surface area (Å²) in [5, 5.41) is 8.17. The lowest BCUT2D eigenvalue weighted by molar-refractivity contribution is -0.416. The van der Waals surface area contributed by atoms with Crippen LogP contribution < -0.4 is 0 Å². The Morgan fingerprint density at radius 3 is 1.76 bits per heavy atom. The number of esters is 1. The number of rotatable bonds is 14. The molecule has 0 radical (unpaired) electrons. The highest BCUT2D eigenvalue weighted by Gasteiger charge is 2.82. The first-order valence-electron chi connectivity index (χ1n) is 8.77. The Kier molecular flexibility index (Phi) is 10.1. The van der Waals surface area contributed by atoms with Crippen molar-refractivity contribution in [3.63, 3.8) is 0 Å². The van der Waals surface area contributed by atoms with Crippen LogP contribution in [0.4, 0.5) is 35.1 Å². The second kappa shape index (κ2) is 10.8. The standard InChI is InChI=1S/C17H22F8O4/c1-2-3-4-5-6-7-8-11-14(18,19)15(20,21)16(22,23)17(24,25)29-13(28)10-9-12(26)27/h9-10H,2-8,11H2,1H3,(H,26,27)/b10-9+. The quantitative estimate of drug-likeness (QED) is 0.160. The Labute approximate surface area is 161 Å². The van der Waals surface area contributed by atoms with Crippen LogP contribution in [0.15, 0.2) is 12.2 Å². The average molecular weight is 442 g/mol. The Morgan fingerprint density at radius 2 is 1.28 bits per heavy atom. The molecule has 0 saturated heterocycles. The first kappa shape index (κ1) is 27.1. The zero-order valence-electron chi connectivity index (χ0n) is 15.5. The Bertz CT molecular complexity index is 576. The number of aliphatic carboxylic acids is 1. The Morgan fingerprint density at radius 1 is 0.793 bits per heavy atom. The zero-order chi connectivity index (χ0) is 22.9. The lowest BCUT2D eigenvalue weighted by Crippen LogP contribution is -2.63. The molecule has 0 aliphatic carbocycles. The summed E-state index contributed by atoms with van der Waals surface area (Å²) in [6.45, 7) is 1.93. The van der Waals surface area contributed by atoms with Crippen LogP contribution in [0.2, 0.25) is 0 Å². The van der Waals surface area contributed by atoms with Crippen LogP contribution in [-0.4, -0.2) is 40.9 Å². The molecule has 0 saturated carbocycles. The molecule has 0 aromatic rings. The summed E-state index contributed by atoms with van der Waals surface area (Å²) in [5.41, 5.74) is 0. The lowest BCUT2D eigenvalue weighted by Gasteiger charge is -2.35. The summed E-state index contributed by atoms with van der Waals surface area (Å²) in [7, 11) is 0. The van der Waals surface area contributed by atoms with Crippen molar-refractivity contribution < 1.29 is 54.6 Å². The molecular formula is C17H22F8O4. The van der Waals surface area contributed by atoms with Crippen LogP contribution in [0.3, 0.4) is 0 Å². The van der Waals surface area contributed by atoms with Crippen LogP contribution in [-0.2, 0) is 14.3 Å². The van der Waals surface area contributed by atoms with Gasteiger partial charge in [-0.3, -0.25) is 0 Å². The summed E-state index contributed by atoms with van der Waals surface area (Å²) in [5.74, 6) is -23.1. The van der Waals surface area contributed by atoms with E-state index < -0.39 is 48.7 Å². The van der Waals surface area contributed by atoms with Gasteiger partial charge in [0.15, 0.2) is 0 Å². The van der Waals surface area contributed by atoms with Gasteiger partial charge in [-0.05, 0) is 6.42 Å². The number of alkyl halides is 8. The highest BCUT2D eigenvalue weighted by Crippen LogP contribution is 2.54. The SMILES string of the molecule is CCCCCCCCCC(F)(F)C(F)(F)C(F)(F)C(F)(F)OC(=O)/C=C/C(=O)O.